The molecule has 0 saturated heterocycles. The summed E-state index contributed by atoms with van der Waals surface area (Å²) in [6.07, 6.45) is 4.39. The quantitative estimate of drug-likeness (QED) is 0.763. The Hall–Kier alpha value is -1.81. The third kappa shape index (κ3) is 3.89. The molecule has 1 aromatic heterocycles. The first-order valence-corrected chi connectivity index (χ1v) is 6.19. The maximum Gasteiger partial charge on any atom is 0.130 e. The molecule has 0 fully saturated rings. The van der Waals surface area contributed by atoms with Gasteiger partial charge in [-0.05, 0) is 30.7 Å². The number of ether oxygens (including phenoxy) is 1. The average Bonchev–Trinajstić information content (AvgIpc) is 2.90. The van der Waals surface area contributed by atoms with E-state index in [0.29, 0.717) is 6.61 Å². The fraction of sp³-hybridized carbons (Fsp3) is 0.357. The van der Waals surface area contributed by atoms with Gasteiger partial charge in [-0.25, -0.2) is 0 Å². The van der Waals surface area contributed by atoms with E-state index in [2.05, 4.69) is 29.5 Å². The SMILES string of the molecule is CCCNCc1cccc(OCc2cnoc2)c1. The van der Waals surface area contributed by atoms with Gasteiger partial charge in [-0.2, -0.15) is 0 Å². The molecule has 0 spiro atoms. The Morgan fingerprint density at radius 2 is 2.28 bits per heavy atom. The average molecular weight is 246 g/mol. The summed E-state index contributed by atoms with van der Waals surface area (Å²) in [6.45, 7) is 4.55. The van der Waals surface area contributed by atoms with E-state index in [-0.39, 0.29) is 0 Å². The van der Waals surface area contributed by atoms with Crippen LogP contribution in [0.15, 0.2) is 41.2 Å². The van der Waals surface area contributed by atoms with Gasteiger partial charge in [-0.3, -0.25) is 0 Å². The Morgan fingerprint density at radius 1 is 1.33 bits per heavy atom. The lowest BCUT2D eigenvalue weighted by molar-refractivity contribution is 0.304. The Morgan fingerprint density at radius 3 is 3.06 bits per heavy atom. The molecular formula is C14H18N2O2. The third-order valence-electron chi connectivity index (χ3n) is 2.54. The standard InChI is InChI=1S/C14H18N2O2/c1-2-6-15-8-12-4-3-5-14(7-12)17-10-13-9-16-18-11-13/h3-5,7,9,11,15H,2,6,8,10H2,1H3. The molecule has 2 aromatic rings. The van der Waals surface area contributed by atoms with Crippen LogP contribution in [0, 0.1) is 0 Å². The second-order valence-corrected chi connectivity index (χ2v) is 4.15. The van der Waals surface area contributed by atoms with Crippen molar-refractivity contribution in [1.82, 2.24) is 10.5 Å². The molecular weight excluding hydrogens is 228 g/mol. The molecule has 18 heavy (non-hydrogen) atoms. The number of hydrogen-bond acceptors (Lipinski definition) is 4. The van der Waals surface area contributed by atoms with Crippen molar-refractivity contribution in [1.29, 1.82) is 0 Å². The highest BCUT2D eigenvalue weighted by molar-refractivity contribution is 5.28. The number of rotatable bonds is 7. The van der Waals surface area contributed by atoms with Gasteiger partial charge < -0.3 is 14.6 Å². The summed E-state index contributed by atoms with van der Waals surface area (Å²) >= 11 is 0. The second-order valence-electron chi connectivity index (χ2n) is 4.15. The largest absolute Gasteiger partial charge is 0.489 e. The molecule has 0 radical (unpaired) electrons. The van der Waals surface area contributed by atoms with Crippen molar-refractivity contribution in [2.75, 3.05) is 6.54 Å². The van der Waals surface area contributed by atoms with E-state index < -0.39 is 0 Å². The molecule has 0 bridgehead atoms. The monoisotopic (exact) mass is 246 g/mol. The summed E-state index contributed by atoms with van der Waals surface area (Å²) in [5, 5.41) is 7.00. The van der Waals surface area contributed by atoms with Crippen LogP contribution in [0.4, 0.5) is 0 Å². The maximum atomic E-state index is 5.67. The van der Waals surface area contributed by atoms with Crippen LogP contribution in [0.5, 0.6) is 5.75 Å². The lowest BCUT2D eigenvalue weighted by Crippen LogP contribution is -2.13. The maximum absolute atomic E-state index is 5.67. The van der Waals surface area contributed by atoms with Crippen LogP contribution in [-0.4, -0.2) is 11.7 Å². The van der Waals surface area contributed by atoms with Gasteiger partial charge in [-0.15, -0.1) is 0 Å². The number of hydrogen-bond donors (Lipinski definition) is 1. The predicted octanol–water partition coefficient (Wildman–Crippen LogP) is 2.75. The van der Waals surface area contributed by atoms with Crippen LogP contribution < -0.4 is 10.1 Å². The first kappa shape index (κ1) is 12.6. The molecule has 2 rings (SSSR count). The van der Waals surface area contributed by atoms with Crippen LogP contribution in [-0.2, 0) is 13.2 Å². The minimum absolute atomic E-state index is 0.481. The summed E-state index contributed by atoms with van der Waals surface area (Å²) in [4.78, 5) is 0. The Kier molecular flexibility index (Phi) is 4.78. The molecule has 1 heterocycles. The number of aromatic nitrogens is 1. The molecule has 0 atom stereocenters. The van der Waals surface area contributed by atoms with Crippen molar-refractivity contribution in [3.63, 3.8) is 0 Å². The minimum Gasteiger partial charge on any atom is -0.489 e. The van der Waals surface area contributed by atoms with Gasteiger partial charge in [0.05, 0.1) is 6.20 Å². The number of nitrogens with zero attached hydrogens (tertiary/aromatic N) is 1. The summed E-state index contributed by atoms with van der Waals surface area (Å²) < 4.78 is 10.4. The van der Waals surface area contributed by atoms with E-state index in [1.54, 1.807) is 12.5 Å². The Bertz CT molecular complexity index is 455. The first-order chi connectivity index (χ1) is 8.88. The lowest BCUT2D eigenvalue weighted by atomic mass is 10.2. The van der Waals surface area contributed by atoms with E-state index in [1.165, 1.54) is 5.56 Å². The van der Waals surface area contributed by atoms with Crippen LogP contribution >= 0.6 is 0 Å². The van der Waals surface area contributed by atoms with Crippen LogP contribution in [0.25, 0.3) is 0 Å². The Labute approximate surface area is 107 Å². The molecule has 0 aliphatic carbocycles. The highest BCUT2D eigenvalue weighted by Gasteiger charge is 1.99. The van der Waals surface area contributed by atoms with Gasteiger partial charge in [0.1, 0.15) is 18.6 Å². The summed E-state index contributed by atoms with van der Waals surface area (Å²) in [5.41, 5.74) is 2.16. The van der Waals surface area contributed by atoms with Gasteiger partial charge in [0.2, 0.25) is 0 Å². The third-order valence-corrected chi connectivity index (χ3v) is 2.54. The van der Waals surface area contributed by atoms with Crippen molar-refractivity contribution < 1.29 is 9.26 Å². The molecule has 4 heteroatoms. The van der Waals surface area contributed by atoms with Gasteiger partial charge in [0.15, 0.2) is 0 Å². The summed E-state index contributed by atoms with van der Waals surface area (Å²) in [6, 6.07) is 8.11. The zero-order chi connectivity index (χ0) is 12.6. The molecule has 0 amide bonds. The summed E-state index contributed by atoms with van der Waals surface area (Å²) in [7, 11) is 0. The predicted molar refractivity (Wildman–Crippen MR) is 69.3 cm³/mol. The highest BCUT2D eigenvalue weighted by atomic mass is 16.5. The van der Waals surface area contributed by atoms with E-state index in [4.69, 9.17) is 9.26 Å². The van der Waals surface area contributed by atoms with Crippen LogP contribution in [0.2, 0.25) is 0 Å². The van der Waals surface area contributed by atoms with Crippen LogP contribution in [0.1, 0.15) is 24.5 Å². The van der Waals surface area contributed by atoms with E-state index in [1.807, 2.05) is 12.1 Å². The van der Waals surface area contributed by atoms with Crippen molar-refractivity contribution in [2.24, 2.45) is 0 Å². The molecule has 0 aliphatic heterocycles. The highest BCUT2D eigenvalue weighted by Crippen LogP contribution is 2.15. The number of nitrogens with one attached hydrogen (secondary N) is 1. The Balaban J connectivity index is 1.86. The zero-order valence-electron chi connectivity index (χ0n) is 10.6. The zero-order valence-corrected chi connectivity index (χ0v) is 10.6. The van der Waals surface area contributed by atoms with Gasteiger partial charge >= 0.3 is 0 Å². The summed E-state index contributed by atoms with van der Waals surface area (Å²) in [5.74, 6) is 0.868. The first-order valence-electron chi connectivity index (χ1n) is 6.19. The van der Waals surface area contributed by atoms with Crippen molar-refractivity contribution in [3.8, 4) is 5.75 Å². The van der Waals surface area contributed by atoms with E-state index in [0.717, 1.165) is 30.8 Å². The molecule has 1 aromatic carbocycles. The normalized spacial score (nSPS) is 10.5. The molecule has 4 nitrogen and oxygen atoms in total. The second kappa shape index (κ2) is 6.81. The van der Waals surface area contributed by atoms with Gasteiger partial charge in [-0.1, -0.05) is 24.2 Å². The fourth-order valence-corrected chi connectivity index (χ4v) is 1.62. The smallest absolute Gasteiger partial charge is 0.130 e. The van der Waals surface area contributed by atoms with E-state index in [9.17, 15) is 0 Å². The fourth-order valence-electron chi connectivity index (χ4n) is 1.62. The molecule has 96 valence electrons. The molecule has 0 unspecified atom stereocenters. The van der Waals surface area contributed by atoms with E-state index >= 15 is 0 Å². The van der Waals surface area contributed by atoms with Crippen molar-refractivity contribution >= 4 is 0 Å². The number of benzene rings is 1. The van der Waals surface area contributed by atoms with Crippen LogP contribution in [0.3, 0.4) is 0 Å². The minimum atomic E-state index is 0.481. The van der Waals surface area contributed by atoms with Gasteiger partial charge in [0.25, 0.3) is 0 Å². The molecule has 0 aliphatic rings. The lowest BCUT2D eigenvalue weighted by Gasteiger charge is -2.07. The topological polar surface area (TPSA) is 47.3 Å². The van der Waals surface area contributed by atoms with Gasteiger partial charge in [0, 0.05) is 12.1 Å². The molecule has 0 saturated carbocycles. The van der Waals surface area contributed by atoms with Crippen molar-refractivity contribution in [2.45, 2.75) is 26.5 Å². The van der Waals surface area contributed by atoms with Crippen molar-refractivity contribution in [3.05, 3.63) is 47.9 Å². The molecule has 1 N–H and O–H groups in total.